The smallest absolute Gasteiger partial charge is 0.223 e. The lowest BCUT2D eigenvalue weighted by Crippen LogP contribution is -2.45. The molecule has 5 nitrogen and oxygen atoms in total. The van der Waals surface area contributed by atoms with Gasteiger partial charge in [-0.3, -0.25) is 4.79 Å². The Bertz CT molecular complexity index is 230. The lowest BCUT2D eigenvalue weighted by molar-refractivity contribution is -0.131. The van der Waals surface area contributed by atoms with E-state index in [-0.39, 0.29) is 23.8 Å². The first kappa shape index (κ1) is 14.4. The van der Waals surface area contributed by atoms with Crippen LogP contribution in [0.5, 0.6) is 0 Å². The van der Waals surface area contributed by atoms with Crippen LogP contribution in [0.15, 0.2) is 0 Å². The number of carbonyl (C=O) groups excluding carboxylic acids is 1. The Hall–Kier alpha value is -0.650. The van der Waals surface area contributed by atoms with E-state index >= 15 is 0 Å². The van der Waals surface area contributed by atoms with Gasteiger partial charge in [-0.15, -0.1) is 0 Å². The van der Waals surface area contributed by atoms with E-state index in [0.717, 1.165) is 12.8 Å². The van der Waals surface area contributed by atoms with Gasteiger partial charge in [-0.05, 0) is 25.3 Å². The van der Waals surface area contributed by atoms with Crippen molar-refractivity contribution in [3.05, 3.63) is 0 Å². The molecule has 0 bridgehead atoms. The summed E-state index contributed by atoms with van der Waals surface area (Å²) in [6.07, 6.45) is 1.55. The molecule has 1 amide bonds. The van der Waals surface area contributed by atoms with Crippen molar-refractivity contribution < 1.29 is 14.3 Å². The van der Waals surface area contributed by atoms with Crippen molar-refractivity contribution in [2.75, 3.05) is 33.5 Å². The van der Waals surface area contributed by atoms with Gasteiger partial charge in [0.2, 0.25) is 5.91 Å². The van der Waals surface area contributed by atoms with Crippen LogP contribution in [-0.2, 0) is 14.3 Å². The van der Waals surface area contributed by atoms with Crippen molar-refractivity contribution in [3.63, 3.8) is 0 Å². The molecule has 0 radical (unpaired) electrons. The van der Waals surface area contributed by atoms with E-state index in [1.807, 2.05) is 0 Å². The fourth-order valence-corrected chi connectivity index (χ4v) is 2.18. The van der Waals surface area contributed by atoms with E-state index in [9.17, 15) is 4.79 Å². The molecular weight excluding hydrogens is 220 g/mol. The third-order valence-corrected chi connectivity index (χ3v) is 3.21. The maximum absolute atomic E-state index is 12.1. The maximum Gasteiger partial charge on any atom is 0.223 e. The van der Waals surface area contributed by atoms with Crippen LogP contribution in [0.3, 0.4) is 0 Å². The molecule has 0 aromatic heterocycles. The standard InChI is InChI=1S/C12H24N2O3/c1-9-7-17-6-4-11(9)12(15)14-10(3-5-13)8-16-2/h9-11H,3-8,13H2,1-2H3,(H,14,15). The second-order valence-electron chi connectivity index (χ2n) is 4.69. The van der Waals surface area contributed by atoms with Gasteiger partial charge in [0.05, 0.1) is 12.6 Å². The Labute approximate surface area is 103 Å². The zero-order valence-electron chi connectivity index (χ0n) is 10.8. The lowest BCUT2D eigenvalue weighted by Gasteiger charge is -2.29. The van der Waals surface area contributed by atoms with Gasteiger partial charge in [0.15, 0.2) is 0 Å². The van der Waals surface area contributed by atoms with Crippen LogP contribution in [-0.4, -0.2) is 45.4 Å². The average Bonchev–Trinajstić information content (AvgIpc) is 2.30. The van der Waals surface area contributed by atoms with Gasteiger partial charge in [0, 0.05) is 26.2 Å². The Morgan fingerprint density at radius 3 is 3.00 bits per heavy atom. The minimum atomic E-state index is 0.0209. The van der Waals surface area contributed by atoms with Gasteiger partial charge in [-0.2, -0.15) is 0 Å². The number of methoxy groups -OCH3 is 1. The molecule has 0 saturated carbocycles. The molecule has 3 N–H and O–H groups in total. The fraction of sp³-hybridized carbons (Fsp3) is 0.917. The summed E-state index contributed by atoms with van der Waals surface area (Å²) in [5.74, 6) is 0.446. The van der Waals surface area contributed by atoms with Gasteiger partial charge in [-0.25, -0.2) is 0 Å². The highest BCUT2D eigenvalue weighted by Crippen LogP contribution is 2.21. The molecule has 1 heterocycles. The molecule has 1 saturated heterocycles. The van der Waals surface area contributed by atoms with Crippen LogP contribution in [0, 0.1) is 11.8 Å². The van der Waals surface area contributed by atoms with Gasteiger partial charge < -0.3 is 20.5 Å². The van der Waals surface area contributed by atoms with E-state index in [1.165, 1.54) is 0 Å². The van der Waals surface area contributed by atoms with Gasteiger partial charge in [0.25, 0.3) is 0 Å². The quantitative estimate of drug-likeness (QED) is 0.697. The minimum absolute atomic E-state index is 0.0209. The zero-order valence-corrected chi connectivity index (χ0v) is 10.8. The van der Waals surface area contributed by atoms with Crippen LogP contribution in [0.1, 0.15) is 19.8 Å². The lowest BCUT2D eigenvalue weighted by atomic mass is 9.89. The van der Waals surface area contributed by atoms with Crippen molar-refractivity contribution in [3.8, 4) is 0 Å². The largest absolute Gasteiger partial charge is 0.383 e. The molecule has 3 unspecified atom stereocenters. The highest BCUT2D eigenvalue weighted by atomic mass is 16.5. The van der Waals surface area contributed by atoms with Crippen LogP contribution in [0.4, 0.5) is 0 Å². The summed E-state index contributed by atoms with van der Waals surface area (Å²) in [5, 5.41) is 3.02. The summed E-state index contributed by atoms with van der Waals surface area (Å²) < 4.78 is 10.4. The van der Waals surface area contributed by atoms with Gasteiger partial charge in [-0.1, -0.05) is 6.92 Å². The molecule has 1 aliphatic heterocycles. The van der Waals surface area contributed by atoms with Crippen LogP contribution < -0.4 is 11.1 Å². The first-order chi connectivity index (χ1) is 8.19. The molecule has 5 heteroatoms. The van der Waals surface area contributed by atoms with Crippen LogP contribution in [0.2, 0.25) is 0 Å². The molecule has 100 valence electrons. The first-order valence-electron chi connectivity index (χ1n) is 6.26. The number of ether oxygens (including phenoxy) is 2. The van der Waals surface area contributed by atoms with Crippen LogP contribution >= 0.6 is 0 Å². The van der Waals surface area contributed by atoms with Crippen molar-refractivity contribution in [2.24, 2.45) is 17.6 Å². The van der Waals surface area contributed by atoms with Crippen LogP contribution in [0.25, 0.3) is 0 Å². The molecule has 1 aliphatic rings. The highest BCUT2D eigenvalue weighted by molar-refractivity contribution is 5.79. The number of nitrogens with two attached hydrogens (primary N) is 1. The Morgan fingerprint density at radius 1 is 1.65 bits per heavy atom. The predicted molar refractivity (Wildman–Crippen MR) is 65.6 cm³/mol. The third kappa shape index (κ3) is 4.61. The van der Waals surface area contributed by atoms with Crippen molar-refractivity contribution in [1.29, 1.82) is 0 Å². The fourth-order valence-electron chi connectivity index (χ4n) is 2.18. The SMILES string of the molecule is COCC(CCN)NC(=O)C1CCOCC1C. The van der Waals surface area contributed by atoms with Crippen molar-refractivity contribution >= 4 is 5.91 Å². The van der Waals surface area contributed by atoms with E-state index in [1.54, 1.807) is 7.11 Å². The molecule has 3 atom stereocenters. The summed E-state index contributed by atoms with van der Waals surface area (Å²) in [6, 6.07) is 0.0209. The van der Waals surface area contributed by atoms with Gasteiger partial charge in [0.1, 0.15) is 0 Å². The topological polar surface area (TPSA) is 73.6 Å². The molecule has 0 aromatic carbocycles. The summed E-state index contributed by atoms with van der Waals surface area (Å²) in [7, 11) is 1.63. The second kappa shape index (κ2) is 7.63. The van der Waals surface area contributed by atoms with Gasteiger partial charge >= 0.3 is 0 Å². The molecule has 1 rings (SSSR count). The summed E-state index contributed by atoms with van der Waals surface area (Å²) in [6.45, 7) is 4.47. The second-order valence-corrected chi connectivity index (χ2v) is 4.69. The Morgan fingerprint density at radius 2 is 2.41 bits per heavy atom. The number of hydrogen-bond acceptors (Lipinski definition) is 4. The van der Waals surface area contributed by atoms with E-state index in [2.05, 4.69) is 12.2 Å². The molecule has 0 aliphatic carbocycles. The van der Waals surface area contributed by atoms with E-state index < -0.39 is 0 Å². The summed E-state index contributed by atoms with van der Waals surface area (Å²) in [5.41, 5.74) is 5.51. The number of nitrogens with one attached hydrogen (secondary N) is 1. The normalized spacial score (nSPS) is 26.5. The summed E-state index contributed by atoms with van der Waals surface area (Å²) >= 11 is 0. The predicted octanol–water partition coefficient (Wildman–Crippen LogP) is 0.139. The number of hydrogen-bond donors (Lipinski definition) is 2. The molecule has 0 spiro atoms. The monoisotopic (exact) mass is 244 g/mol. The zero-order chi connectivity index (χ0) is 12.7. The Kier molecular flexibility index (Phi) is 6.47. The van der Waals surface area contributed by atoms with Crippen molar-refractivity contribution in [2.45, 2.75) is 25.8 Å². The summed E-state index contributed by atoms with van der Waals surface area (Å²) in [4.78, 5) is 12.1. The minimum Gasteiger partial charge on any atom is -0.383 e. The number of amides is 1. The van der Waals surface area contributed by atoms with Crippen molar-refractivity contribution in [1.82, 2.24) is 5.32 Å². The number of carbonyl (C=O) groups is 1. The first-order valence-corrected chi connectivity index (χ1v) is 6.26. The van der Waals surface area contributed by atoms with E-state index in [0.29, 0.717) is 26.4 Å². The number of rotatable bonds is 6. The van der Waals surface area contributed by atoms with E-state index in [4.69, 9.17) is 15.2 Å². The Balaban J connectivity index is 2.44. The molecule has 1 fully saturated rings. The molecular formula is C12H24N2O3. The molecule has 0 aromatic rings. The third-order valence-electron chi connectivity index (χ3n) is 3.21. The molecule has 17 heavy (non-hydrogen) atoms. The average molecular weight is 244 g/mol. The maximum atomic E-state index is 12.1. The highest BCUT2D eigenvalue weighted by Gasteiger charge is 2.29.